The topological polar surface area (TPSA) is 30.5 Å². The largest absolute Gasteiger partial charge is 0.497 e. The monoisotopic (exact) mass is 291 g/mol. The Kier molecular flexibility index (Phi) is 6.13. The molecule has 20 heavy (non-hydrogen) atoms. The molecular weight excluding hydrogens is 271 g/mol. The molecule has 0 heterocycles. The summed E-state index contributed by atoms with van der Waals surface area (Å²) in [6.07, 6.45) is -4.46. The Balaban J connectivity index is 2.82. The summed E-state index contributed by atoms with van der Waals surface area (Å²) in [4.78, 5) is 0. The van der Waals surface area contributed by atoms with Crippen molar-refractivity contribution >= 4 is 0 Å². The van der Waals surface area contributed by atoms with Gasteiger partial charge in [-0.1, -0.05) is 0 Å². The molecule has 0 spiro atoms. The molecule has 0 saturated heterocycles. The zero-order chi connectivity index (χ0) is 15.2. The third-order valence-electron chi connectivity index (χ3n) is 3.11. The summed E-state index contributed by atoms with van der Waals surface area (Å²) in [6, 6.07) is 5.09. The molecule has 0 amide bonds. The van der Waals surface area contributed by atoms with Gasteiger partial charge in [0.15, 0.2) is 0 Å². The van der Waals surface area contributed by atoms with Crippen molar-refractivity contribution in [3.05, 3.63) is 23.8 Å². The van der Waals surface area contributed by atoms with Gasteiger partial charge in [-0.2, -0.15) is 13.2 Å². The zero-order valence-electron chi connectivity index (χ0n) is 11.9. The third-order valence-corrected chi connectivity index (χ3v) is 3.11. The molecule has 0 radical (unpaired) electrons. The number of hydrogen-bond donors (Lipinski definition) is 1. The van der Waals surface area contributed by atoms with E-state index in [1.807, 2.05) is 0 Å². The maximum atomic E-state index is 12.2. The van der Waals surface area contributed by atoms with E-state index in [0.29, 0.717) is 17.9 Å². The fourth-order valence-electron chi connectivity index (χ4n) is 2.07. The quantitative estimate of drug-likeness (QED) is 0.831. The van der Waals surface area contributed by atoms with Crippen LogP contribution in [-0.4, -0.2) is 27.4 Å². The Morgan fingerprint density at radius 3 is 2.40 bits per heavy atom. The molecule has 0 aromatic heterocycles. The van der Waals surface area contributed by atoms with Crippen molar-refractivity contribution in [2.45, 2.75) is 31.5 Å². The molecule has 1 aromatic carbocycles. The van der Waals surface area contributed by atoms with Crippen molar-refractivity contribution in [2.24, 2.45) is 0 Å². The lowest BCUT2D eigenvalue weighted by molar-refractivity contribution is -0.135. The van der Waals surface area contributed by atoms with Crippen molar-refractivity contribution in [3.63, 3.8) is 0 Å². The Hall–Kier alpha value is -1.43. The van der Waals surface area contributed by atoms with Gasteiger partial charge in [0.05, 0.1) is 14.2 Å². The molecule has 114 valence electrons. The van der Waals surface area contributed by atoms with Crippen LogP contribution >= 0.6 is 0 Å². The zero-order valence-corrected chi connectivity index (χ0v) is 11.9. The van der Waals surface area contributed by atoms with Gasteiger partial charge in [0, 0.05) is 18.0 Å². The highest BCUT2D eigenvalue weighted by atomic mass is 19.4. The number of halogens is 3. The first-order chi connectivity index (χ1) is 9.41. The molecule has 1 unspecified atom stereocenters. The summed E-state index contributed by atoms with van der Waals surface area (Å²) < 4.78 is 47.0. The molecule has 1 rings (SSSR count). The van der Waals surface area contributed by atoms with Crippen molar-refractivity contribution in [2.75, 3.05) is 21.3 Å². The Bertz CT molecular complexity index is 421. The standard InChI is InChI=1S/C14H20F3NO2/c1-18-12(5-4-8-14(15,16)17)11-9-10(19-2)6-7-13(11)20-3/h6-7,9,12,18H,4-5,8H2,1-3H3. The number of hydrogen-bond acceptors (Lipinski definition) is 3. The number of methoxy groups -OCH3 is 2. The summed E-state index contributed by atoms with van der Waals surface area (Å²) in [7, 11) is 4.80. The molecule has 0 aliphatic heterocycles. The van der Waals surface area contributed by atoms with Gasteiger partial charge in [0.2, 0.25) is 0 Å². The van der Waals surface area contributed by atoms with Gasteiger partial charge in [0.25, 0.3) is 0 Å². The lowest BCUT2D eigenvalue weighted by atomic mass is 9.99. The van der Waals surface area contributed by atoms with E-state index in [1.165, 1.54) is 7.11 Å². The van der Waals surface area contributed by atoms with Gasteiger partial charge >= 0.3 is 6.18 Å². The average molecular weight is 291 g/mol. The number of rotatable bonds is 7. The van der Waals surface area contributed by atoms with E-state index in [-0.39, 0.29) is 12.5 Å². The molecule has 0 aliphatic carbocycles. The second kappa shape index (κ2) is 7.38. The Morgan fingerprint density at radius 2 is 1.90 bits per heavy atom. The van der Waals surface area contributed by atoms with Gasteiger partial charge in [-0.25, -0.2) is 0 Å². The molecule has 0 saturated carbocycles. The third kappa shape index (κ3) is 4.92. The highest BCUT2D eigenvalue weighted by Gasteiger charge is 2.27. The summed E-state index contributed by atoms with van der Waals surface area (Å²) in [5.74, 6) is 1.29. The van der Waals surface area contributed by atoms with Gasteiger partial charge in [-0.05, 0) is 38.1 Å². The fraction of sp³-hybridized carbons (Fsp3) is 0.571. The molecule has 1 atom stereocenters. The highest BCUT2D eigenvalue weighted by Crippen LogP contribution is 2.33. The first-order valence-electron chi connectivity index (χ1n) is 6.37. The van der Waals surface area contributed by atoms with E-state index in [4.69, 9.17) is 9.47 Å². The molecule has 1 aromatic rings. The van der Waals surface area contributed by atoms with Crippen molar-refractivity contribution in [3.8, 4) is 11.5 Å². The molecule has 0 aliphatic rings. The van der Waals surface area contributed by atoms with Gasteiger partial charge in [-0.3, -0.25) is 0 Å². The van der Waals surface area contributed by atoms with Gasteiger partial charge in [0.1, 0.15) is 11.5 Å². The van der Waals surface area contributed by atoms with E-state index < -0.39 is 12.6 Å². The Morgan fingerprint density at radius 1 is 1.20 bits per heavy atom. The number of ether oxygens (including phenoxy) is 2. The maximum absolute atomic E-state index is 12.2. The van der Waals surface area contributed by atoms with Crippen molar-refractivity contribution in [1.29, 1.82) is 0 Å². The summed E-state index contributed by atoms with van der Waals surface area (Å²) in [6.45, 7) is 0. The maximum Gasteiger partial charge on any atom is 0.389 e. The van der Waals surface area contributed by atoms with Crippen LogP contribution in [0.3, 0.4) is 0 Å². The average Bonchev–Trinajstić information content (AvgIpc) is 2.41. The predicted molar refractivity (Wildman–Crippen MR) is 71.3 cm³/mol. The first kappa shape index (κ1) is 16.6. The lowest BCUT2D eigenvalue weighted by Gasteiger charge is -2.20. The predicted octanol–water partition coefficient (Wildman–Crippen LogP) is 3.70. The Labute approximate surface area is 117 Å². The van der Waals surface area contributed by atoms with Crippen LogP contribution in [0.15, 0.2) is 18.2 Å². The SMILES string of the molecule is CNC(CCCC(F)(F)F)c1cc(OC)ccc1OC. The fourth-order valence-corrected chi connectivity index (χ4v) is 2.07. The smallest absolute Gasteiger partial charge is 0.389 e. The van der Waals surface area contributed by atoms with Crippen LogP contribution in [0, 0.1) is 0 Å². The van der Waals surface area contributed by atoms with Crippen molar-refractivity contribution < 1.29 is 22.6 Å². The van der Waals surface area contributed by atoms with Crippen LogP contribution in [0.4, 0.5) is 13.2 Å². The second-order valence-corrected chi connectivity index (χ2v) is 4.46. The summed E-state index contributed by atoms with van der Waals surface area (Å²) >= 11 is 0. The molecular formula is C14H20F3NO2. The lowest BCUT2D eigenvalue weighted by Crippen LogP contribution is -2.18. The molecule has 3 nitrogen and oxygen atoms in total. The van der Waals surface area contributed by atoms with Crippen LogP contribution in [0.1, 0.15) is 30.9 Å². The summed E-state index contributed by atoms with van der Waals surface area (Å²) in [5, 5.41) is 3.03. The number of nitrogens with one attached hydrogen (secondary N) is 1. The number of alkyl halides is 3. The van der Waals surface area contributed by atoms with E-state index in [2.05, 4.69) is 5.32 Å². The molecule has 0 bridgehead atoms. The van der Waals surface area contributed by atoms with Crippen LogP contribution in [0.25, 0.3) is 0 Å². The molecule has 1 N–H and O–H groups in total. The van der Waals surface area contributed by atoms with Crippen LogP contribution < -0.4 is 14.8 Å². The van der Waals surface area contributed by atoms with Gasteiger partial charge in [-0.15, -0.1) is 0 Å². The van der Waals surface area contributed by atoms with Crippen molar-refractivity contribution in [1.82, 2.24) is 5.32 Å². The van der Waals surface area contributed by atoms with Crippen LogP contribution in [-0.2, 0) is 0 Å². The molecule has 0 fully saturated rings. The van der Waals surface area contributed by atoms with E-state index in [0.717, 1.165) is 5.56 Å². The van der Waals surface area contributed by atoms with Gasteiger partial charge < -0.3 is 14.8 Å². The minimum absolute atomic E-state index is 0.0649. The van der Waals surface area contributed by atoms with Crippen LogP contribution in [0.2, 0.25) is 0 Å². The highest BCUT2D eigenvalue weighted by molar-refractivity contribution is 5.42. The number of benzene rings is 1. The second-order valence-electron chi connectivity index (χ2n) is 4.46. The first-order valence-corrected chi connectivity index (χ1v) is 6.37. The van der Waals surface area contributed by atoms with E-state index >= 15 is 0 Å². The normalized spacial score (nSPS) is 13.1. The van der Waals surface area contributed by atoms with Crippen LogP contribution in [0.5, 0.6) is 11.5 Å². The molecule has 6 heteroatoms. The minimum atomic E-state index is -4.11. The minimum Gasteiger partial charge on any atom is -0.497 e. The van der Waals surface area contributed by atoms with E-state index in [1.54, 1.807) is 32.4 Å². The summed E-state index contributed by atoms with van der Waals surface area (Å²) in [5.41, 5.74) is 0.802. The van der Waals surface area contributed by atoms with E-state index in [9.17, 15) is 13.2 Å².